The molecule has 1 heterocycles. The van der Waals surface area contributed by atoms with Gasteiger partial charge in [-0.3, -0.25) is 24.3 Å². The van der Waals surface area contributed by atoms with Gasteiger partial charge < -0.3 is 15.9 Å². The van der Waals surface area contributed by atoms with E-state index in [1.54, 1.807) is 0 Å². The number of nitro groups is 1. The maximum absolute atomic E-state index is 11.8. The van der Waals surface area contributed by atoms with Gasteiger partial charge in [0.2, 0.25) is 0 Å². The number of rotatable bonds is 10. The number of hydroxylamine groups is 2. The highest BCUT2D eigenvalue weighted by Crippen LogP contribution is 2.26. The van der Waals surface area contributed by atoms with Gasteiger partial charge in [-0.25, -0.2) is 4.79 Å². The van der Waals surface area contributed by atoms with Crippen LogP contribution in [0.4, 0.5) is 17.1 Å². The second-order valence-corrected chi connectivity index (χ2v) is 8.07. The number of nitrogens with two attached hydrogens (primary N) is 1. The van der Waals surface area contributed by atoms with Crippen LogP contribution in [0.2, 0.25) is 0 Å². The molecule has 1 aliphatic heterocycles. The Balaban J connectivity index is 1.72. The maximum Gasteiger partial charge on any atom is 0.333 e. The van der Waals surface area contributed by atoms with E-state index in [9.17, 15) is 32.9 Å². The molecular weight excluding hydrogens is 424 g/mol. The van der Waals surface area contributed by atoms with Crippen molar-refractivity contribution in [3.05, 3.63) is 28.3 Å². The highest BCUT2D eigenvalue weighted by Gasteiger charge is 2.48. The number of carbonyl (C=O) groups is 3. The topological polar surface area (TPSA) is 199 Å². The zero-order chi connectivity index (χ0) is 22.5. The van der Waals surface area contributed by atoms with Crippen LogP contribution in [0.3, 0.4) is 0 Å². The van der Waals surface area contributed by atoms with Crippen molar-refractivity contribution in [3.8, 4) is 0 Å². The van der Waals surface area contributed by atoms with Crippen LogP contribution >= 0.6 is 0 Å². The Kier molecular flexibility index (Phi) is 7.28. The molecule has 2 rings (SSSR count). The van der Waals surface area contributed by atoms with Crippen LogP contribution in [0.25, 0.3) is 0 Å². The molecule has 0 saturated carbocycles. The lowest BCUT2D eigenvalue weighted by molar-refractivity contribution is -0.383. The molecule has 30 heavy (non-hydrogen) atoms. The predicted molar refractivity (Wildman–Crippen MR) is 102 cm³/mol. The van der Waals surface area contributed by atoms with Crippen LogP contribution in [-0.4, -0.2) is 52.5 Å². The first-order valence-electron chi connectivity index (χ1n) is 8.82. The van der Waals surface area contributed by atoms with Crippen LogP contribution in [0.1, 0.15) is 32.1 Å². The summed E-state index contributed by atoms with van der Waals surface area (Å²) in [6.07, 6.45) is 0.480. The number of hydrogen-bond acceptors (Lipinski definition) is 10. The molecule has 2 amide bonds. The van der Waals surface area contributed by atoms with Crippen LogP contribution in [0.15, 0.2) is 18.2 Å². The van der Waals surface area contributed by atoms with Gasteiger partial charge in [-0.2, -0.15) is 8.42 Å². The van der Waals surface area contributed by atoms with Gasteiger partial charge in [0, 0.05) is 24.7 Å². The average Bonchev–Trinajstić information content (AvgIpc) is 2.93. The number of nitrogens with zero attached hydrogens (tertiary/aromatic N) is 2. The molecule has 1 aromatic carbocycles. The fourth-order valence-corrected chi connectivity index (χ4v) is 3.41. The fraction of sp³-hybridized carbons (Fsp3) is 0.438. The fourth-order valence-electron chi connectivity index (χ4n) is 2.70. The molecule has 1 atom stereocenters. The zero-order valence-corrected chi connectivity index (χ0v) is 16.5. The van der Waals surface area contributed by atoms with Gasteiger partial charge in [0.05, 0.1) is 11.3 Å². The van der Waals surface area contributed by atoms with Crippen molar-refractivity contribution in [1.82, 2.24) is 5.06 Å². The number of nitro benzene ring substituents is 1. The summed E-state index contributed by atoms with van der Waals surface area (Å²) >= 11 is 0. The summed E-state index contributed by atoms with van der Waals surface area (Å²) in [4.78, 5) is 50.2. The van der Waals surface area contributed by atoms with Crippen molar-refractivity contribution in [2.75, 3.05) is 17.6 Å². The molecule has 4 N–H and O–H groups in total. The summed E-state index contributed by atoms with van der Waals surface area (Å²) in [5.74, 6) is -3.26. The lowest BCUT2D eigenvalue weighted by atomic mass is 10.2. The lowest BCUT2D eigenvalue weighted by Gasteiger charge is -2.13. The van der Waals surface area contributed by atoms with E-state index in [2.05, 4.69) is 10.2 Å². The smallest absolute Gasteiger partial charge is 0.333 e. The molecule has 0 spiro atoms. The molecule has 1 aliphatic rings. The molecule has 0 radical (unpaired) electrons. The Morgan fingerprint density at radius 1 is 1.33 bits per heavy atom. The van der Waals surface area contributed by atoms with E-state index in [1.165, 1.54) is 18.2 Å². The lowest BCUT2D eigenvalue weighted by Crippen LogP contribution is -2.36. The van der Waals surface area contributed by atoms with E-state index < -0.39 is 44.5 Å². The molecule has 0 aliphatic carbocycles. The summed E-state index contributed by atoms with van der Waals surface area (Å²) in [6, 6.07) is 4.26. The molecule has 13 nitrogen and oxygen atoms in total. The third-order valence-corrected chi connectivity index (χ3v) is 5.29. The van der Waals surface area contributed by atoms with Crippen molar-refractivity contribution in [2.45, 2.75) is 37.4 Å². The molecule has 1 saturated heterocycles. The highest BCUT2D eigenvalue weighted by molar-refractivity contribution is 7.87. The van der Waals surface area contributed by atoms with Gasteiger partial charge in [-0.05, 0) is 25.0 Å². The number of unbranched alkanes of at least 4 members (excludes halogenated alkanes) is 2. The number of imide groups is 1. The van der Waals surface area contributed by atoms with Gasteiger partial charge >= 0.3 is 5.97 Å². The quantitative estimate of drug-likeness (QED) is 0.114. The second kappa shape index (κ2) is 9.49. The Bertz CT molecular complexity index is 963. The average molecular weight is 444 g/mol. The van der Waals surface area contributed by atoms with Crippen molar-refractivity contribution >= 4 is 45.0 Å². The monoisotopic (exact) mass is 444 g/mol. The van der Waals surface area contributed by atoms with E-state index >= 15 is 0 Å². The number of benzene rings is 1. The van der Waals surface area contributed by atoms with E-state index in [-0.39, 0.29) is 22.9 Å². The Hall–Kier alpha value is -3.26. The van der Waals surface area contributed by atoms with Gasteiger partial charge in [0.25, 0.3) is 27.6 Å². The minimum absolute atomic E-state index is 0.0581. The highest BCUT2D eigenvalue weighted by atomic mass is 32.2. The molecule has 164 valence electrons. The number of nitrogen functional groups attached to an aromatic ring is 1. The minimum atomic E-state index is -4.77. The predicted octanol–water partition coefficient (Wildman–Crippen LogP) is 0.623. The summed E-state index contributed by atoms with van der Waals surface area (Å²) < 4.78 is 31.0. The third-order valence-electron chi connectivity index (χ3n) is 4.21. The molecule has 0 aromatic heterocycles. The summed E-state index contributed by atoms with van der Waals surface area (Å²) in [5, 5.41) is 12.0. The van der Waals surface area contributed by atoms with Crippen molar-refractivity contribution in [1.29, 1.82) is 0 Å². The Morgan fingerprint density at radius 2 is 2.03 bits per heavy atom. The van der Waals surface area contributed by atoms with E-state index in [0.717, 1.165) is 0 Å². The van der Waals surface area contributed by atoms with Crippen molar-refractivity contribution in [2.24, 2.45) is 0 Å². The molecule has 1 aromatic rings. The van der Waals surface area contributed by atoms with E-state index in [0.29, 0.717) is 31.5 Å². The standard InChI is InChI=1S/C16H20N4O9S/c17-10-5-6-11(12(8-10)20(24)25)18-7-3-1-2-4-15(22)29-19-14(21)9-13(16(19)23)30(26,27)28/h5-6,8,13,18H,1-4,7,9,17H2,(H,26,27,28). The maximum atomic E-state index is 11.8. The molecular formula is C16H20N4O9S. The normalized spacial score (nSPS) is 16.6. The van der Waals surface area contributed by atoms with Crippen LogP contribution in [-0.2, 0) is 29.3 Å². The molecule has 14 heteroatoms. The van der Waals surface area contributed by atoms with Crippen molar-refractivity contribution in [3.63, 3.8) is 0 Å². The number of anilines is 2. The number of amides is 2. The zero-order valence-electron chi connectivity index (χ0n) is 15.6. The largest absolute Gasteiger partial charge is 0.399 e. The summed E-state index contributed by atoms with van der Waals surface area (Å²) in [6.45, 7) is 0.388. The Labute approximate surface area is 171 Å². The molecule has 0 bridgehead atoms. The van der Waals surface area contributed by atoms with E-state index in [4.69, 9.17) is 10.3 Å². The third kappa shape index (κ3) is 5.87. The van der Waals surface area contributed by atoms with Gasteiger partial charge in [0.1, 0.15) is 5.69 Å². The van der Waals surface area contributed by atoms with Gasteiger partial charge in [0.15, 0.2) is 5.25 Å². The number of hydrogen-bond donors (Lipinski definition) is 3. The first-order chi connectivity index (χ1) is 14.0. The van der Waals surface area contributed by atoms with Crippen LogP contribution in [0.5, 0.6) is 0 Å². The second-order valence-electron chi connectivity index (χ2n) is 6.47. The van der Waals surface area contributed by atoms with Crippen LogP contribution in [0, 0.1) is 10.1 Å². The van der Waals surface area contributed by atoms with Crippen LogP contribution < -0.4 is 11.1 Å². The molecule has 1 fully saturated rings. The van der Waals surface area contributed by atoms with E-state index in [1.807, 2.05) is 0 Å². The first-order valence-corrected chi connectivity index (χ1v) is 10.3. The van der Waals surface area contributed by atoms with Gasteiger partial charge in [-0.15, -0.1) is 5.06 Å². The summed E-state index contributed by atoms with van der Waals surface area (Å²) in [5.41, 5.74) is 5.96. The van der Waals surface area contributed by atoms with Gasteiger partial charge in [-0.1, -0.05) is 6.42 Å². The summed E-state index contributed by atoms with van der Waals surface area (Å²) in [7, 11) is -4.77. The number of nitrogens with one attached hydrogen (secondary N) is 1. The number of carbonyl (C=O) groups excluding carboxylic acids is 3. The SMILES string of the molecule is Nc1ccc(NCCCCCC(=O)ON2C(=O)CC(S(=O)(=O)O)C2=O)c([N+](=O)[O-])c1. The van der Waals surface area contributed by atoms with Crippen molar-refractivity contribution < 1.29 is 37.1 Å². The first kappa shape index (κ1) is 23.0. The molecule has 1 unspecified atom stereocenters. The Morgan fingerprint density at radius 3 is 2.63 bits per heavy atom. The minimum Gasteiger partial charge on any atom is -0.399 e.